The minimum Gasteiger partial charge on any atom is -0.464 e. The summed E-state index contributed by atoms with van der Waals surface area (Å²) >= 11 is 0. The van der Waals surface area contributed by atoms with Gasteiger partial charge in [-0.2, -0.15) is 0 Å². The third-order valence-corrected chi connectivity index (χ3v) is 2.63. The van der Waals surface area contributed by atoms with Crippen molar-refractivity contribution >= 4 is 18.5 Å². The number of amides is 1. The molecule has 5 nitrogen and oxygen atoms in total. The average molecular weight is 227 g/mol. The molecule has 84 valence electrons. The summed E-state index contributed by atoms with van der Waals surface area (Å²) in [5.41, 5.74) is 2.10. The largest absolute Gasteiger partial charge is 0.464 e. The molecule has 3 rings (SSSR count). The molecule has 17 heavy (non-hydrogen) atoms. The minimum atomic E-state index is -1.02. The zero-order valence-electron chi connectivity index (χ0n) is 8.82. The van der Waals surface area contributed by atoms with Gasteiger partial charge in [0.2, 0.25) is 0 Å². The van der Waals surface area contributed by atoms with E-state index >= 15 is 0 Å². The van der Waals surface area contributed by atoms with Gasteiger partial charge in [0, 0.05) is 18.6 Å². The van der Waals surface area contributed by atoms with Crippen LogP contribution in [0.15, 0.2) is 53.1 Å². The number of rotatable bonds is 0. The molecule has 1 aromatic heterocycles. The van der Waals surface area contributed by atoms with Crippen LogP contribution in [0, 0.1) is 0 Å². The lowest BCUT2D eigenvalue weighted by Crippen LogP contribution is -2.25. The van der Waals surface area contributed by atoms with Crippen LogP contribution in [-0.4, -0.2) is 26.9 Å². The molecular weight excluding hydrogens is 218 g/mol. The summed E-state index contributed by atoms with van der Waals surface area (Å²) in [7, 11) is 0. The number of carbonyl (C=O) groups is 1. The molecule has 0 aliphatic carbocycles. The highest BCUT2D eigenvalue weighted by molar-refractivity contribution is 5.83. The minimum absolute atomic E-state index is 0.547. The third-order valence-electron chi connectivity index (χ3n) is 2.63. The number of carboxylic acid groups (broad SMARTS) is 1. The van der Waals surface area contributed by atoms with Crippen LogP contribution in [0.1, 0.15) is 5.69 Å². The molecular formula is C12H9N3O2. The van der Waals surface area contributed by atoms with Crippen LogP contribution in [0.25, 0.3) is 6.20 Å². The van der Waals surface area contributed by atoms with Crippen LogP contribution >= 0.6 is 0 Å². The fourth-order valence-electron chi connectivity index (χ4n) is 1.81. The van der Waals surface area contributed by atoms with Crippen molar-refractivity contribution in [2.75, 3.05) is 0 Å². The van der Waals surface area contributed by atoms with E-state index in [-0.39, 0.29) is 0 Å². The lowest BCUT2D eigenvalue weighted by atomic mass is 10.2. The Bertz CT molecular complexity index is 605. The maximum Gasteiger partial charge on any atom is 0.416 e. The van der Waals surface area contributed by atoms with Gasteiger partial charge in [-0.3, -0.25) is 4.99 Å². The zero-order valence-corrected chi connectivity index (χ0v) is 8.82. The van der Waals surface area contributed by atoms with Crippen molar-refractivity contribution in [2.24, 2.45) is 4.99 Å². The lowest BCUT2D eigenvalue weighted by molar-refractivity contribution is 0.172. The molecule has 0 radical (unpaired) electrons. The molecule has 0 bridgehead atoms. The molecule has 2 aliphatic rings. The molecule has 0 saturated carbocycles. The van der Waals surface area contributed by atoms with E-state index in [4.69, 9.17) is 5.11 Å². The van der Waals surface area contributed by atoms with E-state index in [0.29, 0.717) is 11.4 Å². The van der Waals surface area contributed by atoms with E-state index in [9.17, 15) is 4.79 Å². The predicted octanol–water partition coefficient (Wildman–Crippen LogP) is 2.11. The highest BCUT2D eigenvalue weighted by Crippen LogP contribution is 2.25. The van der Waals surface area contributed by atoms with Crippen LogP contribution in [0.3, 0.4) is 0 Å². The van der Waals surface area contributed by atoms with E-state index in [0.717, 1.165) is 10.6 Å². The van der Waals surface area contributed by atoms with Crippen LogP contribution in [0.5, 0.6) is 0 Å². The first kappa shape index (κ1) is 9.65. The molecule has 0 fully saturated rings. The van der Waals surface area contributed by atoms with Crippen LogP contribution < -0.4 is 0 Å². The molecule has 0 atom stereocenters. The molecule has 2 aliphatic heterocycles. The van der Waals surface area contributed by atoms with Crippen molar-refractivity contribution in [2.45, 2.75) is 0 Å². The van der Waals surface area contributed by atoms with Crippen molar-refractivity contribution in [3.05, 3.63) is 53.8 Å². The Morgan fingerprint density at radius 1 is 1.41 bits per heavy atom. The Morgan fingerprint density at radius 3 is 3.12 bits per heavy atom. The summed E-state index contributed by atoms with van der Waals surface area (Å²) in [6, 6.07) is 3.80. The monoisotopic (exact) mass is 227 g/mol. The quantitative estimate of drug-likeness (QED) is 0.737. The Labute approximate surface area is 97.3 Å². The van der Waals surface area contributed by atoms with Crippen LogP contribution in [0.4, 0.5) is 4.79 Å². The Kier molecular flexibility index (Phi) is 1.98. The lowest BCUT2D eigenvalue weighted by Gasteiger charge is -2.20. The zero-order chi connectivity index (χ0) is 11.8. The van der Waals surface area contributed by atoms with E-state index < -0.39 is 6.09 Å². The van der Waals surface area contributed by atoms with Gasteiger partial charge in [-0.05, 0) is 24.3 Å². The van der Waals surface area contributed by atoms with Gasteiger partial charge in [0.1, 0.15) is 0 Å². The third kappa shape index (κ3) is 1.48. The van der Waals surface area contributed by atoms with Gasteiger partial charge in [0.15, 0.2) is 0 Å². The van der Waals surface area contributed by atoms with Gasteiger partial charge in [0.05, 0.1) is 23.3 Å². The highest BCUT2D eigenvalue weighted by atomic mass is 16.4. The molecule has 1 N–H and O–H groups in total. The van der Waals surface area contributed by atoms with Crippen LogP contribution in [-0.2, 0) is 0 Å². The summed E-state index contributed by atoms with van der Waals surface area (Å²) in [6.07, 6.45) is 9.26. The Balaban J connectivity index is 2.17. The van der Waals surface area contributed by atoms with Gasteiger partial charge in [-0.15, -0.1) is 0 Å². The Hall–Kier alpha value is -2.56. The topological polar surface area (TPSA) is 57.8 Å². The van der Waals surface area contributed by atoms with Crippen molar-refractivity contribution in [3.63, 3.8) is 0 Å². The molecule has 1 amide bonds. The van der Waals surface area contributed by atoms with E-state index in [1.165, 1.54) is 6.20 Å². The highest BCUT2D eigenvalue weighted by Gasteiger charge is 2.21. The normalized spacial score (nSPS) is 16.8. The maximum absolute atomic E-state index is 11.1. The van der Waals surface area contributed by atoms with Gasteiger partial charge in [-0.25, -0.2) is 9.69 Å². The second-order valence-corrected chi connectivity index (χ2v) is 3.66. The fourth-order valence-corrected chi connectivity index (χ4v) is 1.81. The van der Waals surface area contributed by atoms with Crippen molar-refractivity contribution < 1.29 is 9.90 Å². The molecule has 0 unspecified atom stereocenters. The SMILES string of the molecule is O=C(O)N1C=CC=C2N=Cc3cccn3C=C21. The second-order valence-electron chi connectivity index (χ2n) is 3.66. The molecule has 0 spiro atoms. The number of fused-ring (bicyclic) bond motifs is 2. The Morgan fingerprint density at radius 2 is 2.29 bits per heavy atom. The van der Waals surface area contributed by atoms with Gasteiger partial charge in [-0.1, -0.05) is 0 Å². The number of allylic oxidation sites excluding steroid dienone is 2. The smallest absolute Gasteiger partial charge is 0.416 e. The van der Waals surface area contributed by atoms with Gasteiger partial charge in [0.25, 0.3) is 0 Å². The summed E-state index contributed by atoms with van der Waals surface area (Å²) < 4.78 is 1.84. The standard InChI is InChI=1S/C12H9N3O2/c16-12(17)15-6-2-4-10-11(15)8-14-5-1-3-9(14)7-13-10/h1-8H,(H,16,17). The number of aliphatic imine (C=N–C) groups is 1. The second kappa shape index (κ2) is 3.48. The average Bonchev–Trinajstić information content (AvgIpc) is 2.67. The number of aromatic nitrogens is 1. The van der Waals surface area contributed by atoms with E-state index in [1.807, 2.05) is 22.9 Å². The number of hydrogen-bond donors (Lipinski definition) is 1. The van der Waals surface area contributed by atoms with Crippen molar-refractivity contribution in [1.82, 2.24) is 9.47 Å². The van der Waals surface area contributed by atoms with Gasteiger partial charge >= 0.3 is 6.09 Å². The fraction of sp³-hybridized carbons (Fsp3) is 0. The molecule has 0 saturated heterocycles. The van der Waals surface area contributed by atoms with E-state index in [1.54, 1.807) is 24.6 Å². The number of nitrogens with zero attached hydrogens (tertiary/aromatic N) is 3. The first-order chi connectivity index (χ1) is 8.25. The van der Waals surface area contributed by atoms with Crippen molar-refractivity contribution in [3.8, 4) is 0 Å². The molecule has 1 aromatic rings. The van der Waals surface area contributed by atoms with E-state index in [2.05, 4.69) is 4.99 Å². The summed E-state index contributed by atoms with van der Waals surface area (Å²) in [4.78, 5) is 16.6. The molecule has 5 heteroatoms. The first-order valence-corrected chi connectivity index (χ1v) is 5.09. The van der Waals surface area contributed by atoms with Crippen LogP contribution in [0.2, 0.25) is 0 Å². The number of hydrogen-bond acceptors (Lipinski definition) is 2. The molecule has 0 aromatic carbocycles. The summed E-state index contributed by atoms with van der Waals surface area (Å²) in [6.45, 7) is 0. The van der Waals surface area contributed by atoms with Gasteiger partial charge < -0.3 is 9.67 Å². The predicted molar refractivity (Wildman–Crippen MR) is 63.4 cm³/mol. The maximum atomic E-state index is 11.1. The van der Waals surface area contributed by atoms with Crippen molar-refractivity contribution in [1.29, 1.82) is 0 Å². The molecule has 3 heterocycles. The summed E-state index contributed by atoms with van der Waals surface area (Å²) in [5, 5.41) is 9.11. The summed E-state index contributed by atoms with van der Waals surface area (Å²) in [5.74, 6) is 0. The first-order valence-electron chi connectivity index (χ1n) is 5.09.